The Balaban J connectivity index is 1.44. The molecule has 7 heteroatoms. The Kier molecular flexibility index (Phi) is 7.41. The number of carbonyl (C=O) groups is 2. The van der Waals surface area contributed by atoms with Crippen molar-refractivity contribution in [2.24, 2.45) is 0 Å². The average molecular weight is 406 g/mol. The summed E-state index contributed by atoms with van der Waals surface area (Å²) in [5.41, 5.74) is 1.97. The molecule has 0 spiro atoms. The zero-order valence-electron chi connectivity index (χ0n) is 17.2. The van der Waals surface area contributed by atoms with Crippen molar-refractivity contribution in [3.8, 4) is 12.3 Å². The van der Waals surface area contributed by atoms with Crippen LogP contribution in [0.3, 0.4) is 0 Å². The second kappa shape index (κ2) is 10.4. The van der Waals surface area contributed by atoms with Gasteiger partial charge in [0.2, 0.25) is 11.8 Å². The first-order valence-corrected chi connectivity index (χ1v) is 10.1. The van der Waals surface area contributed by atoms with Crippen molar-refractivity contribution in [3.63, 3.8) is 0 Å². The summed E-state index contributed by atoms with van der Waals surface area (Å²) in [5, 5.41) is 5.61. The molecule has 3 rings (SSSR count). The fourth-order valence-electron chi connectivity index (χ4n) is 3.40. The Morgan fingerprint density at radius 1 is 1.07 bits per heavy atom. The maximum Gasteiger partial charge on any atom is 0.238 e. The van der Waals surface area contributed by atoms with Gasteiger partial charge in [0.05, 0.1) is 25.0 Å². The van der Waals surface area contributed by atoms with E-state index >= 15 is 0 Å². The number of hydrogen-bond acceptors (Lipinski definition) is 5. The van der Waals surface area contributed by atoms with Gasteiger partial charge in [-0.3, -0.25) is 14.5 Å². The molecule has 7 nitrogen and oxygen atoms in total. The van der Waals surface area contributed by atoms with Crippen LogP contribution in [0.1, 0.15) is 24.8 Å². The van der Waals surface area contributed by atoms with E-state index in [-0.39, 0.29) is 24.9 Å². The predicted molar refractivity (Wildman–Crippen MR) is 119 cm³/mol. The van der Waals surface area contributed by atoms with Gasteiger partial charge in [-0.05, 0) is 56.6 Å². The lowest BCUT2D eigenvalue weighted by molar-refractivity contribution is -0.119. The van der Waals surface area contributed by atoms with E-state index in [1.807, 2.05) is 12.1 Å². The third-order valence-electron chi connectivity index (χ3n) is 4.85. The normalized spacial score (nSPS) is 13.6. The third kappa shape index (κ3) is 6.33. The number of anilines is 3. The molecule has 1 aliphatic rings. The number of aromatic nitrogens is 1. The monoisotopic (exact) mass is 405 g/mol. The fraction of sp³-hybridized carbons (Fsp3) is 0.348. The molecule has 2 heterocycles. The lowest BCUT2D eigenvalue weighted by atomic mass is 10.1. The first-order valence-electron chi connectivity index (χ1n) is 10.1. The van der Waals surface area contributed by atoms with E-state index in [1.165, 1.54) is 19.3 Å². The lowest BCUT2D eigenvalue weighted by Crippen LogP contribution is -2.36. The number of benzene rings is 1. The Labute approximate surface area is 177 Å². The minimum atomic E-state index is -0.216. The van der Waals surface area contributed by atoms with Crippen molar-refractivity contribution >= 4 is 29.0 Å². The van der Waals surface area contributed by atoms with Crippen LogP contribution in [-0.4, -0.2) is 54.9 Å². The van der Waals surface area contributed by atoms with E-state index in [9.17, 15) is 9.59 Å². The van der Waals surface area contributed by atoms with Crippen molar-refractivity contribution in [3.05, 3.63) is 48.2 Å². The first kappa shape index (κ1) is 21.3. The van der Waals surface area contributed by atoms with E-state index in [1.54, 1.807) is 42.4 Å². The summed E-state index contributed by atoms with van der Waals surface area (Å²) in [4.78, 5) is 32.9. The summed E-state index contributed by atoms with van der Waals surface area (Å²) in [6.45, 7) is 2.22. The Bertz CT molecular complexity index is 914. The van der Waals surface area contributed by atoms with Gasteiger partial charge in [-0.1, -0.05) is 12.0 Å². The molecular formula is C23H27N5O2. The smallest absolute Gasteiger partial charge is 0.238 e. The SMILES string of the molecule is C#Cc1cccc(NC(=O)CN(C)CC(=O)Nc2ccc(N3CCCCC3)nc2)c1. The van der Waals surface area contributed by atoms with Gasteiger partial charge in [0.25, 0.3) is 0 Å². The minimum absolute atomic E-state index is 0.0832. The number of amides is 2. The first-order chi connectivity index (χ1) is 14.5. The number of pyridine rings is 1. The Morgan fingerprint density at radius 2 is 1.77 bits per heavy atom. The highest BCUT2D eigenvalue weighted by molar-refractivity contribution is 5.94. The zero-order chi connectivity index (χ0) is 21.3. The fourth-order valence-corrected chi connectivity index (χ4v) is 3.40. The number of nitrogens with one attached hydrogen (secondary N) is 2. The van der Waals surface area contributed by atoms with Crippen molar-refractivity contribution in [2.45, 2.75) is 19.3 Å². The topological polar surface area (TPSA) is 77.6 Å². The van der Waals surface area contributed by atoms with Gasteiger partial charge in [0.1, 0.15) is 5.82 Å². The molecule has 2 N–H and O–H groups in total. The van der Waals surface area contributed by atoms with Crippen molar-refractivity contribution in [2.75, 3.05) is 48.8 Å². The molecule has 2 amide bonds. The van der Waals surface area contributed by atoms with Gasteiger partial charge in [0.15, 0.2) is 0 Å². The van der Waals surface area contributed by atoms with Crippen molar-refractivity contribution in [1.29, 1.82) is 0 Å². The summed E-state index contributed by atoms with van der Waals surface area (Å²) in [6, 6.07) is 10.9. The van der Waals surface area contributed by atoms with Crippen LogP contribution in [0.25, 0.3) is 0 Å². The molecule has 0 aliphatic carbocycles. The van der Waals surface area contributed by atoms with Crippen LogP contribution in [-0.2, 0) is 9.59 Å². The van der Waals surface area contributed by atoms with E-state index in [0.717, 1.165) is 18.9 Å². The second-order valence-corrected chi connectivity index (χ2v) is 7.45. The van der Waals surface area contributed by atoms with Crippen LogP contribution >= 0.6 is 0 Å². The van der Waals surface area contributed by atoms with E-state index in [4.69, 9.17) is 6.42 Å². The second-order valence-electron chi connectivity index (χ2n) is 7.45. The van der Waals surface area contributed by atoms with Gasteiger partial charge in [-0.2, -0.15) is 0 Å². The highest BCUT2D eigenvalue weighted by Gasteiger charge is 2.14. The van der Waals surface area contributed by atoms with Gasteiger partial charge in [-0.15, -0.1) is 6.42 Å². The Morgan fingerprint density at radius 3 is 2.40 bits per heavy atom. The number of likely N-dealkylation sites (N-methyl/N-ethyl adjacent to an activating group) is 1. The van der Waals surface area contributed by atoms with Gasteiger partial charge >= 0.3 is 0 Å². The summed E-state index contributed by atoms with van der Waals surface area (Å²) < 4.78 is 0. The summed E-state index contributed by atoms with van der Waals surface area (Å²) in [5.74, 6) is 3.05. The molecule has 30 heavy (non-hydrogen) atoms. The highest BCUT2D eigenvalue weighted by atomic mass is 16.2. The number of rotatable bonds is 7. The van der Waals surface area contributed by atoms with Crippen LogP contribution in [0.4, 0.5) is 17.2 Å². The molecule has 0 unspecified atom stereocenters. The molecule has 0 saturated carbocycles. The van der Waals surface area contributed by atoms with Crippen molar-refractivity contribution < 1.29 is 9.59 Å². The molecular weight excluding hydrogens is 378 g/mol. The molecule has 0 radical (unpaired) electrons. The van der Waals surface area contributed by atoms with Crippen LogP contribution in [0, 0.1) is 12.3 Å². The maximum atomic E-state index is 12.3. The molecule has 0 bridgehead atoms. The number of piperidine rings is 1. The van der Waals surface area contributed by atoms with E-state index in [0.29, 0.717) is 16.9 Å². The standard InChI is InChI=1S/C23H27N5O2/c1-3-18-8-7-9-19(14-18)25-22(29)16-27(2)17-23(30)26-20-10-11-21(24-15-20)28-12-5-4-6-13-28/h1,7-11,14-15H,4-6,12-13,16-17H2,2H3,(H,25,29)(H,26,30). The molecule has 2 aromatic rings. The molecule has 1 aromatic heterocycles. The third-order valence-corrected chi connectivity index (χ3v) is 4.85. The number of carbonyl (C=O) groups excluding carboxylic acids is 2. The van der Waals surface area contributed by atoms with Crippen molar-refractivity contribution in [1.82, 2.24) is 9.88 Å². The van der Waals surface area contributed by atoms with Crippen LogP contribution in [0.2, 0.25) is 0 Å². The van der Waals surface area contributed by atoms with Crippen LogP contribution < -0.4 is 15.5 Å². The van der Waals surface area contributed by atoms with Gasteiger partial charge in [-0.25, -0.2) is 4.98 Å². The van der Waals surface area contributed by atoms with Gasteiger partial charge < -0.3 is 15.5 Å². The van der Waals surface area contributed by atoms with Crippen LogP contribution in [0.5, 0.6) is 0 Å². The number of terminal acetylenes is 1. The van der Waals surface area contributed by atoms with Crippen LogP contribution in [0.15, 0.2) is 42.6 Å². The van der Waals surface area contributed by atoms with E-state index in [2.05, 4.69) is 26.4 Å². The average Bonchev–Trinajstić information content (AvgIpc) is 2.74. The molecule has 1 aromatic carbocycles. The molecule has 1 saturated heterocycles. The molecule has 1 aliphatic heterocycles. The summed E-state index contributed by atoms with van der Waals surface area (Å²) in [6.07, 6.45) is 10.7. The Hall–Kier alpha value is -3.37. The highest BCUT2D eigenvalue weighted by Crippen LogP contribution is 2.19. The summed E-state index contributed by atoms with van der Waals surface area (Å²) >= 11 is 0. The zero-order valence-corrected chi connectivity index (χ0v) is 17.2. The molecule has 0 atom stereocenters. The van der Waals surface area contributed by atoms with Gasteiger partial charge in [0, 0.05) is 24.3 Å². The minimum Gasteiger partial charge on any atom is -0.357 e. The number of hydrogen-bond donors (Lipinski definition) is 2. The molecule has 156 valence electrons. The predicted octanol–water partition coefficient (Wildman–Crippen LogP) is 2.56. The summed E-state index contributed by atoms with van der Waals surface area (Å²) in [7, 11) is 1.72. The largest absolute Gasteiger partial charge is 0.357 e. The molecule has 1 fully saturated rings. The van der Waals surface area contributed by atoms with E-state index < -0.39 is 0 Å². The lowest BCUT2D eigenvalue weighted by Gasteiger charge is -2.27. The quantitative estimate of drug-likeness (QED) is 0.693. The number of nitrogens with zero attached hydrogens (tertiary/aromatic N) is 3. The maximum absolute atomic E-state index is 12.3.